The number of carbonyl (C=O) groups excluding carboxylic acids is 1. The summed E-state index contributed by atoms with van der Waals surface area (Å²) in [5.74, 6) is 0.929. The average molecular weight is 341 g/mol. The molecule has 0 saturated heterocycles. The summed E-state index contributed by atoms with van der Waals surface area (Å²) in [4.78, 5) is 15.9. The van der Waals surface area contributed by atoms with Gasteiger partial charge in [-0.25, -0.2) is 4.98 Å². The molecule has 0 aliphatic carbocycles. The van der Waals surface area contributed by atoms with E-state index in [1.165, 1.54) is 11.8 Å². The highest BCUT2D eigenvalue weighted by Crippen LogP contribution is 2.23. The van der Waals surface area contributed by atoms with Crippen molar-refractivity contribution in [2.45, 2.75) is 19.0 Å². The van der Waals surface area contributed by atoms with Crippen molar-refractivity contribution in [3.63, 3.8) is 0 Å². The van der Waals surface area contributed by atoms with E-state index in [9.17, 15) is 4.79 Å². The topological polar surface area (TPSA) is 70.7 Å². The maximum atomic E-state index is 11.8. The number of nitrogens with one attached hydrogen (secondary N) is 2. The van der Waals surface area contributed by atoms with Gasteiger partial charge in [-0.2, -0.15) is 0 Å². The lowest BCUT2D eigenvalue weighted by Gasteiger charge is -2.07. The van der Waals surface area contributed by atoms with Crippen LogP contribution in [-0.4, -0.2) is 26.8 Å². The Morgan fingerprint density at radius 3 is 2.89 bits per heavy atom. The molecule has 1 heterocycles. The van der Waals surface area contributed by atoms with Gasteiger partial charge >= 0.3 is 0 Å². The maximum Gasteiger partial charge on any atom is 0.234 e. The Balaban J connectivity index is 1.90. The summed E-state index contributed by atoms with van der Waals surface area (Å²) >= 11 is 4.72. The number of carbonyl (C=O) groups is 1. The molecule has 2 rings (SSSR count). The molecule has 1 aromatic carbocycles. The Hall–Kier alpha value is -1.34. The number of hydrogen-bond donors (Lipinski definition) is 2. The number of aromatic nitrogens is 3. The number of rotatable bonds is 4. The summed E-state index contributed by atoms with van der Waals surface area (Å²) in [6.07, 6.45) is 0. The molecule has 5 nitrogen and oxygen atoms in total. The number of halogens is 1. The first-order valence-electron chi connectivity index (χ1n) is 5.62. The van der Waals surface area contributed by atoms with Gasteiger partial charge in [0.15, 0.2) is 0 Å². The Bertz CT molecular complexity index is 599. The largest absolute Gasteiger partial charge is 0.324 e. The standard InChI is InChI=1S/C12H13BrN4OS/c1-7-3-4-10(9(13)5-7)15-11(18)6-19-12-14-8(2)16-17-12/h3-5H,6H2,1-2H3,(H,15,18)(H,14,16,17). The van der Waals surface area contributed by atoms with Gasteiger partial charge in [-0.3, -0.25) is 9.89 Å². The minimum absolute atomic E-state index is 0.0861. The van der Waals surface area contributed by atoms with Gasteiger partial charge in [0.25, 0.3) is 0 Å². The second kappa shape index (κ2) is 6.21. The van der Waals surface area contributed by atoms with E-state index in [2.05, 4.69) is 36.4 Å². The van der Waals surface area contributed by atoms with E-state index in [-0.39, 0.29) is 11.7 Å². The summed E-state index contributed by atoms with van der Waals surface area (Å²) in [6, 6.07) is 5.78. The van der Waals surface area contributed by atoms with Crippen LogP contribution in [0.15, 0.2) is 27.8 Å². The molecule has 0 fully saturated rings. The van der Waals surface area contributed by atoms with Crippen molar-refractivity contribution in [3.8, 4) is 0 Å². The van der Waals surface area contributed by atoms with E-state index in [1.807, 2.05) is 32.0 Å². The van der Waals surface area contributed by atoms with E-state index >= 15 is 0 Å². The van der Waals surface area contributed by atoms with Crippen molar-refractivity contribution >= 4 is 39.3 Å². The fourth-order valence-electron chi connectivity index (χ4n) is 1.42. The molecule has 1 aromatic heterocycles. The summed E-state index contributed by atoms with van der Waals surface area (Å²) in [7, 11) is 0. The highest BCUT2D eigenvalue weighted by Gasteiger charge is 2.08. The van der Waals surface area contributed by atoms with Crippen LogP contribution in [0.25, 0.3) is 0 Å². The molecular formula is C12H13BrN4OS. The van der Waals surface area contributed by atoms with Crippen molar-refractivity contribution in [2.75, 3.05) is 11.1 Å². The van der Waals surface area contributed by atoms with Crippen LogP contribution in [0, 0.1) is 13.8 Å². The van der Waals surface area contributed by atoms with Crippen LogP contribution >= 0.6 is 27.7 Å². The Kier molecular flexibility index (Phi) is 4.60. The number of thioether (sulfide) groups is 1. The van der Waals surface area contributed by atoms with Gasteiger partial charge in [0.2, 0.25) is 11.1 Å². The highest BCUT2D eigenvalue weighted by molar-refractivity contribution is 9.10. The molecule has 2 N–H and O–H groups in total. The van der Waals surface area contributed by atoms with E-state index in [1.54, 1.807) is 0 Å². The van der Waals surface area contributed by atoms with Crippen LogP contribution in [0.4, 0.5) is 5.69 Å². The summed E-state index contributed by atoms with van der Waals surface area (Å²) in [6.45, 7) is 3.82. The third-order valence-electron chi connectivity index (χ3n) is 2.31. The van der Waals surface area contributed by atoms with Gasteiger partial charge in [0, 0.05) is 4.47 Å². The third-order valence-corrected chi connectivity index (χ3v) is 3.81. The monoisotopic (exact) mass is 340 g/mol. The molecule has 2 aromatic rings. The summed E-state index contributed by atoms with van der Waals surface area (Å²) < 4.78 is 0.875. The van der Waals surface area contributed by atoms with Crippen molar-refractivity contribution in [1.82, 2.24) is 15.2 Å². The second-order valence-corrected chi connectivity index (χ2v) is 5.82. The van der Waals surface area contributed by atoms with Crippen LogP contribution in [0.2, 0.25) is 0 Å². The second-order valence-electron chi connectivity index (χ2n) is 4.02. The number of aryl methyl sites for hydroxylation is 2. The third kappa shape index (κ3) is 4.07. The van der Waals surface area contributed by atoms with E-state index in [0.29, 0.717) is 5.16 Å². The fourth-order valence-corrected chi connectivity index (χ4v) is 2.66. The number of aromatic amines is 1. The van der Waals surface area contributed by atoms with Gasteiger partial charge in [0.05, 0.1) is 11.4 Å². The molecule has 0 saturated carbocycles. The zero-order valence-corrected chi connectivity index (χ0v) is 12.9. The van der Waals surface area contributed by atoms with Crippen molar-refractivity contribution in [3.05, 3.63) is 34.1 Å². The van der Waals surface area contributed by atoms with Crippen molar-refractivity contribution < 1.29 is 4.79 Å². The lowest BCUT2D eigenvalue weighted by molar-refractivity contribution is -0.113. The first kappa shape index (κ1) is 14.1. The molecule has 0 radical (unpaired) electrons. The van der Waals surface area contributed by atoms with E-state index in [4.69, 9.17) is 0 Å². The van der Waals surface area contributed by atoms with Crippen molar-refractivity contribution in [1.29, 1.82) is 0 Å². The molecule has 0 atom stereocenters. The van der Waals surface area contributed by atoms with Gasteiger partial charge in [-0.05, 0) is 47.5 Å². The first-order valence-corrected chi connectivity index (χ1v) is 7.40. The zero-order valence-electron chi connectivity index (χ0n) is 10.5. The number of benzene rings is 1. The van der Waals surface area contributed by atoms with Crippen LogP contribution in [-0.2, 0) is 4.79 Å². The quantitative estimate of drug-likeness (QED) is 0.839. The minimum atomic E-state index is -0.0861. The number of amides is 1. The average Bonchev–Trinajstić information content (AvgIpc) is 2.76. The maximum absolute atomic E-state index is 11.8. The molecule has 0 unspecified atom stereocenters. The van der Waals surface area contributed by atoms with Crippen molar-refractivity contribution in [2.24, 2.45) is 0 Å². The Morgan fingerprint density at radius 2 is 2.26 bits per heavy atom. The van der Waals surface area contributed by atoms with Crippen LogP contribution < -0.4 is 5.32 Å². The predicted octanol–water partition coefficient (Wildman–Crippen LogP) is 2.91. The molecule has 1 amide bonds. The molecule has 7 heteroatoms. The summed E-state index contributed by atoms with van der Waals surface area (Å²) in [5, 5.41) is 10.1. The molecule has 0 spiro atoms. The smallest absolute Gasteiger partial charge is 0.234 e. The van der Waals surface area contributed by atoms with Gasteiger partial charge in [-0.1, -0.05) is 17.8 Å². The molecule has 0 bridgehead atoms. The fraction of sp³-hybridized carbons (Fsp3) is 0.250. The normalized spacial score (nSPS) is 10.5. The van der Waals surface area contributed by atoms with Gasteiger partial charge < -0.3 is 5.32 Å². The van der Waals surface area contributed by atoms with E-state index in [0.717, 1.165) is 21.5 Å². The van der Waals surface area contributed by atoms with Crippen LogP contribution in [0.1, 0.15) is 11.4 Å². The predicted molar refractivity (Wildman–Crippen MR) is 79.4 cm³/mol. The lowest BCUT2D eigenvalue weighted by Crippen LogP contribution is -2.14. The molecular weight excluding hydrogens is 328 g/mol. The Morgan fingerprint density at radius 1 is 1.47 bits per heavy atom. The molecule has 0 aliphatic heterocycles. The molecule has 100 valence electrons. The number of hydrogen-bond acceptors (Lipinski definition) is 4. The lowest BCUT2D eigenvalue weighted by atomic mass is 10.2. The number of H-pyrrole nitrogens is 1. The number of nitrogens with zero attached hydrogens (tertiary/aromatic N) is 2. The Labute approximate surface area is 123 Å². The summed E-state index contributed by atoms with van der Waals surface area (Å²) in [5.41, 5.74) is 1.90. The van der Waals surface area contributed by atoms with Gasteiger partial charge in [0.1, 0.15) is 5.82 Å². The molecule has 19 heavy (non-hydrogen) atoms. The highest BCUT2D eigenvalue weighted by atomic mass is 79.9. The molecule has 0 aliphatic rings. The first-order chi connectivity index (χ1) is 9.04. The van der Waals surface area contributed by atoms with Crippen LogP contribution in [0.3, 0.4) is 0 Å². The van der Waals surface area contributed by atoms with E-state index < -0.39 is 0 Å². The number of anilines is 1. The SMILES string of the molecule is Cc1ccc(NC(=O)CSc2n[nH]c(C)n2)c(Br)c1. The van der Waals surface area contributed by atoms with Crippen LogP contribution in [0.5, 0.6) is 0 Å². The van der Waals surface area contributed by atoms with Gasteiger partial charge in [-0.15, -0.1) is 5.10 Å². The minimum Gasteiger partial charge on any atom is -0.324 e. The zero-order chi connectivity index (χ0) is 13.8.